The molecule has 2 aromatic rings. The number of carbonyl (C=O) groups is 2. The minimum Gasteiger partial charge on any atom is -0.459 e. The van der Waals surface area contributed by atoms with Gasteiger partial charge in [-0.05, 0) is 81.1 Å². The maximum atomic E-state index is 11.8. The van der Waals surface area contributed by atoms with E-state index >= 15 is 0 Å². The molecular formula is C41H64BBrO8. The zero-order valence-electron chi connectivity index (χ0n) is 32.0. The summed E-state index contributed by atoms with van der Waals surface area (Å²) in [7, 11) is -0.436. The molecule has 3 saturated heterocycles. The van der Waals surface area contributed by atoms with E-state index < -0.39 is 18.3 Å². The molecule has 0 saturated carbocycles. The molecule has 0 unspecified atom stereocenters. The molecule has 51 heavy (non-hydrogen) atoms. The first kappa shape index (κ1) is 43.2. The van der Waals surface area contributed by atoms with Gasteiger partial charge in [0.2, 0.25) is 0 Å². The summed E-state index contributed by atoms with van der Waals surface area (Å²) in [5, 5.41) is 0. The number of benzene rings is 2. The van der Waals surface area contributed by atoms with Crippen molar-refractivity contribution >= 4 is 40.4 Å². The molecule has 0 amide bonds. The van der Waals surface area contributed by atoms with Gasteiger partial charge in [-0.25, -0.2) is 0 Å². The lowest BCUT2D eigenvalue weighted by Gasteiger charge is -2.44. The fraction of sp³-hybridized carbons (Fsp3) is 0.659. The third-order valence-corrected chi connectivity index (χ3v) is 12.0. The topological polar surface area (TPSA) is 89.5 Å². The van der Waals surface area contributed by atoms with Gasteiger partial charge in [-0.2, -0.15) is 0 Å². The van der Waals surface area contributed by atoms with E-state index in [2.05, 4.69) is 63.5 Å². The normalized spacial score (nSPS) is 32.5. The monoisotopic (exact) mass is 774 g/mol. The van der Waals surface area contributed by atoms with Crippen LogP contribution in [0.1, 0.15) is 128 Å². The van der Waals surface area contributed by atoms with Gasteiger partial charge in [-0.3, -0.25) is 9.59 Å². The zero-order valence-corrected chi connectivity index (χ0v) is 33.6. The van der Waals surface area contributed by atoms with Crippen LogP contribution in [0.15, 0.2) is 53.0 Å². The first-order valence-electron chi connectivity index (χ1n) is 18.3. The van der Waals surface area contributed by atoms with E-state index in [1.54, 1.807) is 0 Å². The lowest BCUT2D eigenvalue weighted by atomic mass is 9.75. The van der Waals surface area contributed by atoms with Crippen molar-refractivity contribution in [3.63, 3.8) is 0 Å². The minimum absolute atomic E-state index is 0. The number of ether oxygens (including phenoxy) is 4. The van der Waals surface area contributed by atoms with Crippen LogP contribution >= 0.6 is 15.9 Å². The Morgan fingerprint density at radius 1 is 0.725 bits per heavy atom. The van der Waals surface area contributed by atoms with Crippen LogP contribution < -0.4 is 5.46 Å². The molecule has 3 aliphatic rings. The maximum absolute atomic E-state index is 11.8. The van der Waals surface area contributed by atoms with Crippen molar-refractivity contribution in [2.45, 2.75) is 151 Å². The van der Waals surface area contributed by atoms with E-state index in [0.29, 0.717) is 11.8 Å². The average molecular weight is 776 g/mol. The summed E-state index contributed by atoms with van der Waals surface area (Å²) < 4.78 is 37.5. The number of hydrogen-bond donors (Lipinski definition) is 0. The molecule has 0 aromatic heterocycles. The van der Waals surface area contributed by atoms with Crippen LogP contribution in [0.3, 0.4) is 0 Å². The molecule has 286 valence electrons. The van der Waals surface area contributed by atoms with Crippen LogP contribution in [-0.4, -0.2) is 54.7 Å². The summed E-state index contributed by atoms with van der Waals surface area (Å²) in [6, 6.07) is 16.1. The van der Waals surface area contributed by atoms with E-state index in [-0.39, 0.29) is 69.3 Å². The Hall–Kier alpha value is -2.24. The lowest BCUT2D eigenvalue weighted by molar-refractivity contribution is -0.197. The van der Waals surface area contributed by atoms with Gasteiger partial charge in [0, 0.05) is 31.6 Å². The van der Waals surface area contributed by atoms with Crippen LogP contribution in [-0.2, 0) is 37.8 Å². The predicted molar refractivity (Wildman–Crippen MR) is 209 cm³/mol. The van der Waals surface area contributed by atoms with E-state index in [1.165, 1.54) is 13.8 Å². The maximum Gasteiger partial charge on any atom is 0.494 e. The third kappa shape index (κ3) is 9.85. The van der Waals surface area contributed by atoms with Crippen LogP contribution in [0.25, 0.3) is 0 Å². The van der Waals surface area contributed by atoms with Crippen molar-refractivity contribution in [2.24, 2.45) is 23.7 Å². The summed E-state index contributed by atoms with van der Waals surface area (Å²) >= 11 is 3.50. The summed E-state index contributed by atoms with van der Waals surface area (Å²) in [5.41, 5.74) is 2.19. The van der Waals surface area contributed by atoms with Crippen molar-refractivity contribution in [2.75, 3.05) is 0 Å². The highest BCUT2D eigenvalue weighted by Gasteiger charge is 2.52. The van der Waals surface area contributed by atoms with Crippen LogP contribution in [0, 0.1) is 23.7 Å². The number of rotatable bonds is 7. The van der Waals surface area contributed by atoms with Gasteiger partial charge >= 0.3 is 19.1 Å². The van der Waals surface area contributed by atoms with Crippen molar-refractivity contribution in [1.82, 2.24) is 0 Å². The quantitative estimate of drug-likeness (QED) is 0.203. The molecule has 10 heteroatoms. The Morgan fingerprint density at radius 2 is 1.14 bits per heavy atom. The van der Waals surface area contributed by atoms with E-state index in [1.807, 2.05) is 70.2 Å². The van der Waals surface area contributed by atoms with Gasteiger partial charge in [0.25, 0.3) is 0 Å². The molecular weight excluding hydrogens is 711 g/mol. The highest BCUT2D eigenvalue weighted by molar-refractivity contribution is 9.10. The molecule has 0 N–H and O–H groups in total. The molecule has 0 bridgehead atoms. The van der Waals surface area contributed by atoms with Gasteiger partial charge in [0.05, 0.1) is 23.4 Å². The van der Waals surface area contributed by atoms with Gasteiger partial charge in [0.15, 0.2) is 0 Å². The smallest absolute Gasteiger partial charge is 0.459 e. The summed E-state index contributed by atoms with van der Waals surface area (Å²) in [6.45, 7) is 24.0. The summed E-state index contributed by atoms with van der Waals surface area (Å²) in [5.74, 6) is 0.603. The Morgan fingerprint density at radius 3 is 1.53 bits per heavy atom. The zero-order chi connectivity index (χ0) is 37.1. The number of carbonyl (C=O) groups excluding carboxylic acids is 2. The minimum atomic E-state index is -0.436. The fourth-order valence-corrected chi connectivity index (χ4v) is 7.76. The molecule has 5 rings (SSSR count). The van der Waals surface area contributed by atoms with Crippen molar-refractivity contribution < 1.29 is 39.3 Å². The second kappa shape index (κ2) is 17.7. The molecule has 0 spiro atoms. The van der Waals surface area contributed by atoms with Gasteiger partial charge in [-0.1, -0.05) is 101 Å². The van der Waals surface area contributed by atoms with Gasteiger partial charge < -0.3 is 28.3 Å². The number of halogens is 1. The molecule has 0 aliphatic carbocycles. The van der Waals surface area contributed by atoms with E-state index in [0.717, 1.165) is 33.9 Å². The molecule has 10 atom stereocenters. The largest absolute Gasteiger partial charge is 0.494 e. The Labute approximate surface area is 317 Å². The van der Waals surface area contributed by atoms with Crippen molar-refractivity contribution in [3.8, 4) is 0 Å². The van der Waals surface area contributed by atoms with Crippen LogP contribution in [0.5, 0.6) is 0 Å². The Balaban J connectivity index is 0.000000363. The number of hydrogen-bond acceptors (Lipinski definition) is 8. The molecule has 0 radical (unpaired) electrons. The average Bonchev–Trinajstić information content (AvgIpc) is 3.28. The van der Waals surface area contributed by atoms with Crippen molar-refractivity contribution in [3.05, 3.63) is 64.1 Å². The first-order valence-corrected chi connectivity index (χ1v) is 19.1. The molecule has 3 heterocycles. The third-order valence-electron chi connectivity index (χ3n) is 11.5. The second-order valence-corrected chi connectivity index (χ2v) is 16.3. The Kier molecular flexibility index (Phi) is 15.0. The lowest BCUT2D eigenvalue weighted by Crippen LogP contribution is -2.46. The molecule has 2 aromatic carbocycles. The fourth-order valence-electron chi connectivity index (χ4n) is 7.35. The standard InChI is InChI=1S/C23H35BO5.C17H23BrO3.CH4.H2/c1-9-19-14(2)15(3)20(26-16(4)25)21(27-19)17-11-10-12-18(13-17)24-28-22(5,6)23(7,8)29-24;1-5-15-10(2)11(3)16(20-12(4)19)17(21-15)13-7-6-8-14(18)9-13;;/h10-15,19-21H,9H2,1-8H3;6-11,15-17H,5H2,1-4H3;1H4;1H/t14-,15-,19+,20-,21+;10-,11-,15+,16-,17+;;/m00../s1. The Bertz CT molecular complexity index is 1460. The summed E-state index contributed by atoms with van der Waals surface area (Å²) in [6.07, 6.45) is 1.13. The highest BCUT2D eigenvalue weighted by atomic mass is 79.9. The molecule has 8 nitrogen and oxygen atoms in total. The van der Waals surface area contributed by atoms with Gasteiger partial charge in [-0.15, -0.1) is 0 Å². The molecule has 3 fully saturated rings. The van der Waals surface area contributed by atoms with Gasteiger partial charge in [0.1, 0.15) is 24.4 Å². The van der Waals surface area contributed by atoms with Crippen LogP contribution in [0.4, 0.5) is 0 Å². The predicted octanol–water partition coefficient (Wildman–Crippen LogP) is 9.42. The van der Waals surface area contributed by atoms with E-state index in [9.17, 15) is 9.59 Å². The molecule has 3 aliphatic heterocycles. The number of esters is 2. The van der Waals surface area contributed by atoms with Crippen molar-refractivity contribution in [1.29, 1.82) is 0 Å². The first-order chi connectivity index (χ1) is 23.4. The SMILES string of the molecule is C.CC[C@H]1O[C@H](c2cccc(B3OC(C)(C)C(C)(C)O3)c2)[C@@H](OC(C)=O)[C@@H](C)[C@@H]1C.CC[C@H]1O[C@H](c2cccc(Br)c2)[C@@H](OC(C)=O)[C@@H](C)[C@@H]1C.[HH]. The summed E-state index contributed by atoms with van der Waals surface area (Å²) in [4.78, 5) is 23.3. The second-order valence-electron chi connectivity index (χ2n) is 15.4. The van der Waals surface area contributed by atoms with Crippen LogP contribution in [0.2, 0.25) is 0 Å². The van der Waals surface area contributed by atoms with E-state index in [4.69, 9.17) is 28.3 Å². The highest BCUT2D eigenvalue weighted by Crippen LogP contribution is 2.43.